The minimum Gasteiger partial charge on any atom is -0.468 e. The molecule has 2 fully saturated rings. The van der Waals surface area contributed by atoms with Gasteiger partial charge in [0.15, 0.2) is 5.96 Å². The van der Waals surface area contributed by atoms with E-state index in [-0.39, 0.29) is 36.1 Å². The fraction of sp³-hybridized carbons (Fsp3) is 0.625. The van der Waals surface area contributed by atoms with Gasteiger partial charge in [-0.25, -0.2) is 0 Å². The predicted molar refractivity (Wildman–Crippen MR) is 140 cm³/mol. The van der Waals surface area contributed by atoms with Crippen molar-refractivity contribution in [3.63, 3.8) is 0 Å². The highest BCUT2D eigenvalue weighted by Gasteiger charge is 2.27. The van der Waals surface area contributed by atoms with Crippen LogP contribution in [-0.2, 0) is 4.74 Å². The van der Waals surface area contributed by atoms with E-state index in [0.29, 0.717) is 13.1 Å². The van der Waals surface area contributed by atoms with Gasteiger partial charge in [0, 0.05) is 26.2 Å². The molecule has 184 valence electrons. The first-order chi connectivity index (χ1) is 15.7. The van der Waals surface area contributed by atoms with E-state index in [0.717, 1.165) is 69.2 Å². The zero-order chi connectivity index (χ0) is 22.2. The first-order valence-electron chi connectivity index (χ1n) is 11.9. The number of furan rings is 2. The van der Waals surface area contributed by atoms with Gasteiger partial charge in [-0.3, -0.25) is 14.8 Å². The molecule has 0 saturated carbocycles. The quantitative estimate of drug-likeness (QED) is 0.271. The van der Waals surface area contributed by atoms with Gasteiger partial charge in [0.05, 0.1) is 38.1 Å². The number of halogens is 1. The molecule has 9 heteroatoms. The van der Waals surface area contributed by atoms with Crippen LogP contribution >= 0.6 is 24.0 Å². The third-order valence-electron chi connectivity index (χ3n) is 6.26. The van der Waals surface area contributed by atoms with Gasteiger partial charge >= 0.3 is 0 Å². The van der Waals surface area contributed by atoms with Crippen LogP contribution in [0.1, 0.15) is 49.1 Å². The lowest BCUT2D eigenvalue weighted by Gasteiger charge is -2.33. The molecule has 2 aromatic rings. The molecule has 8 nitrogen and oxygen atoms in total. The Balaban J connectivity index is 0.00000306. The molecule has 0 radical (unpaired) electrons. The van der Waals surface area contributed by atoms with Gasteiger partial charge in [-0.05, 0) is 64.0 Å². The minimum absolute atomic E-state index is 0. The average molecular weight is 572 g/mol. The molecule has 0 amide bonds. The van der Waals surface area contributed by atoms with E-state index in [4.69, 9.17) is 18.6 Å². The Labute approximate surface area is 214 Å². The second kappa shape index (κ2) is 13.4. The van der Waals surface area contributed by atoms with E-state index >= 15 is 0 Å². The SMILES string of the molecule is CCNC(=NCC(c1ccco1)N1CCCC1)NCC(c1ccc(C)o1)N1CCOCC1.I. The van der Waals surface area contributed by atoms with Crippen LogP contribution in [0, 0.1) is 6.92 Å². The van der Waals surface area contributed by atoms with Gasteiger partial charge in [-0.15, -0.1) is 24.0 Å². The highest BCUT2D eigenvalue weighted by Crippen LogP contribution is 2.26. The number of hydrogen-bond donors (Lipinski definition) is 2. The third-order valence-corrected chi connectivity index (χ3v) is 6.26. The number of nitrogens with zero attached hydrogens (tertiary/aromatic N) is 3. The van der Waals surface area contributed by atoms with Gasteiger partial charge in [0.1, 0.15) is 17.3 Å². The summed E-state index contributed by atoms with van der Waals surface area (Å²) in [6.07, 6.45) is 4.23. The normalized spacial score (nSPS) is 19.8. The second-order valence-corrected chi connectivity index (χ2v) is 8.49. The van der Waals surface area contributed by atoms with Crippen molar-refractivity contribution < 1.29 is 13.6 Å². The van der Waals surface area contributed by atoms with Crippen LogP contribution in [0.3, 0.4) is 0 Å². The summed E-state index contributed by atoms with van der Waals surface area (Å²) in [5.74, 6) is 3.73. The lowest BCUT2D eigenvalue weighted by molar-refractivity contribution is 0.0124. The summed E-state index contributed by atoms with van der Waals surface area (Å²) in [5.41, 5.74) is 0. The van der Waals surface area contributed by atoms with Crippen molar-refractivity contribution in [2.75, 3.05) is 59.0 Å². The first kappa shape index (κ1) is 26.1. The number of aryl methyl sites for hydroxylation is 1. The van der Waals surface area contributed by atoms with Crippen LogP contribution in [-0.4, -0.2) is 74.8 Å². The van der Waals surface area contributed by atoms with Crippen molar-refractivity contribution in [3.8, 4) is 0 Å². The van der Waals surface area contributed by atoms with Gasteiger partial charge in [0.25, 0.3) is 0 Å². The molecule has 2 saturated heterocycles. The van der Waals surface area contributed by atoms with Gasteiger partial charge < -0.3 is 24.2 Å². The number of rotatable bonds is 9. The maximum Gasteiger partial charge on any atom is 0.191 e. The van der Waals surface area contributed by atoms with E-state index in [1.54, 1.807) is 6.26 Å². The molecular formula is C24H38IN5O3. The Kier molecular flexibility index (Phi) is 10.5. The predicted octanol–water partition coefficient (Wildman–Crippen LogP) is 3.56. The summed E-state index contributed by atoms with van der Waals surface area (Å²) in [5, 5.41) is 6.97. The Morgan fingerprint density at radius 2 is 1.76 bits per heavy atom. The van der Waals surface area contributed by atoms with E-state index in [1.165, 1.54) is 12.8 Å². The summed E-state index contributed by atoms with van der Waals surface area (Å²) < 4.78 is 17.3. The highest BCUT2D eigenvalue weighted by atomic mass is 127. The molecule has 0 bridgehead atoms. The van der Waals surface area contributed by atoms with Crippen molar-refractivity contribution in [1.82, 2.24) is 20.4 Å². The molecule has 2 unspecified atom stereocenters. The summed E-state index contributed by atoms with van der Waals surface area (Å²) in [6.45, 7) is 11.8. The molecule has 2 aromatic heterocycles. The van der Waals surface area contributed by atoms with E-state index in [1.807, 2.05) is 19.1 Å². The van der Waals surface area contributed by atoms with Crippen molar-refractivity contribution in [2.45, 2.75) is 38.8 Å². The smallest absolute Gasteiger partial charge is 0.191 e. The minimum atomic E-state index is 0. The number of likely N-dealkylation sites (tertiary alicyclic amines) is 1. The second-order valence-electron chi connectivity index (χ2n) is 8.49. The van der Waals surface area contributed by atoms with E-state index in [9.17, 15) is 0 Å². The Hall–Kier alpha value is -1.56. The molecule has 2 N–H and O–H groups in total. The number of aliphatic imine (C=N–C) groups is 1. The summed E-state index contributed by atoms with van der Waals surface area (Å²) in [7, 11) is 0. The largest absolute Gasteiger partial charge is 0.468 e. The van der Waals surface area contributed by atoms with Crippen LogP contribution in [0.15, 0.2) is 44.4 Å². The molecule has 0 spiro atoms. The standard InChI is InChI=1S/C24H37N5O3.HI/c1-3-25-24(26-17-20(22-7-6-14-31-22)28-10-4-5-11-28)27-18-21(23-9-8-19(2)32-23)29-12-15-30-16-13-29;/h6-9,14,20-21H,3-5,10-13,15-18H2,1-2H3,(H2,25,26,27);1H. The lowest BCUT2D eigenvalue weighted by atomic mass is 10.1. The topological polar surface area (TPSA) is 78.4 Å². The van der Waals surface area contributed by atoms with Gasteiger partial charge in [-0.2, -0.15) is 0 Å². The molecular weight excluding hydrogens is 533 g/mol. The molecule has 2 aliphatic rings. The van der Waals surface area contributed by atoms with Gasteiger partial charge in [-0.1, -0.05) is 0 Å². The first-order valence-corrected chi connectivity index (χ1v) is 11.9. The van der Waals surface area contributed by atoms with Crippen LogP contribution < -0.4 is 10.6 Å². The highest BCUT2D eigenvalue weighted by molar-refractivity contribution is 14.0. The summed E-state index contributed by atoms with van der Waals surface area (Å²) in [6, 6.07) is 8.45. The Bertz CT molecular complexity index is 829. The lowest BCUT2D eigenvalue weighted by Crippen LogP contribution is -2.46. The van der Waals surface area contributed by atoms with Crippen molar-refractivity contribution in [3.05, 3.63) is 47.8 Å². The molecule has 4 rings (SSSR count). The van der Waals surface area contributed by atoms with Crippen LogP contribution in [0.5, 0.6) is 0 Å². The summed E-state index contributed by atoms with van der Waals surface area (Å²) >= 11 is 0. The molecule has 33 heavy (non-hydrogen) atoms. The van der Waals surface area contributed by atoms with E-state index < -0.39 is 0 Å². The number of guanidine groups is 1. The molecule has 2 aliphatic heterocycles. The number of morpholine rings is 1. The molecule has 0 aliphatic carbocycles. The summed E-state index contributed by atoms with van der Waals surface area (Å²) in [4.78, 5) is 9.85. The molecule has 0 aromatic carbocycles. The van der Waals surface area contributed by atoms with E-state index in [2.05, 4.69) is 39.5 Å². The van der Waals surface area contributed by atoms with Gasteiger partial charge in [0.2, 0.25) is 0 Å². The maximum absolute atomic E-state index is 6.00. The Morgan fingerprint density at radius 3 is 2.39 bits per heavy atom. The van der Waals surface area contributed by atoms with Crippen LogP contribution in [0.25, 0.3) is 0 Å². The fourth-order valence-electron chi connectivity index (χ4n) is 4.56. The maximum atomic E-state index is 6.00. The van der Waals surface area contributed by atoms with Crippen molar-refractivity contribution in [2.24, 2.45) is 4.99 Å². The third kappa shape index (κ3) is 7.21. The number of nitrogens with one attached hydrogen (secondary N) is 2. The zero-order valence-electron chi connectivity index (χ0n) is 19.8. The van der Waals surface area contributed by atoms with Crippen LogP contribution in [0.2, 0.25) is 0 Å². The van der Waals surface area contributed by atoms with Crippen molar-refractivity contribution in [1.29, 1.82) is 0 Å². The molecule has 2 atom stereocenters. The van der Waals surface area contributed by atoms with Crippen LogP contribution in [0.4, 0.5) is 0 Å². The zero-order valence-corrected chi connectivity index (χ0v) is 22.1. The number of hydrogen-bond acceptors (Lipinski definition) is 6. The molecule has 4 heterocycles. The Morgan fingerprint density at radius 1 is 1.00 bits per heavy atom. The monoisotopic (exact) mass is 571 g/mol. The number of ether oxygens (including phenoxy) is 1. The average Bonchev–Trinajstić information content (AvgIpc) is 3.59. The van der Waals surface area contributed by atoms with Crippen molar-refractivity contribution >= 4 is 29.9 Å². The fourth-order valence-corrected chi connectivity index (χ4v) is 4.56.